The lowest BCUT2D eigenvalue weighted by molar-refractivity contribution is 0.0893. The molecule has 2 aromatic carbocycles. The number of carbonyl (C=O) groups excluding carboxylic acids is 1. The fourth-order valence-electron chi connectivity index (χ4n) is 2.22. The minimum atomic E-state index is -0.555. The molecule has 3 rings (SSSR count). The molecule has 0 radical (unpaired) electrons. The number of Topliss-reactive ketones (excluding diaryl/α,β-unsaturated/α-hetero) is 1. The molecule has 18 heavy (non-hydrogen) atoms. The van der Waals surface area contributed by atoms with E-state index in [4.69, 9.17) is 4.74 Å². The average molecular weight is 242 g/mol. The lowest BCUT2D eigenvalue weighted by atomic mass is 9.89. The summed E-state index contributed by atoms with van der Waals surface area (Å²) in [6.45, 7) is 0.191. The Morgan fingerprint density at radius 2 is 1.78 bits per heavy atom. The Balaban J connectivity index is 2.03. The highest BCUT2D eigenvalue weighted by molar-refractivity contribution is 6.04. The van der Waals surface area contributed by atoms with Gasteiger partial charge in [-0.25, -0.2) is 4.39 Å². The van der Waals surface area contributed by atoms with Crippen molar-refractivity contribution in [2.24, 2.45) is 0 Å². The predicted octanol–water partition coefficient (Wildman–Crippen LogP) is 3.18. The third-order valence-corrected chi connectivity index (χ3v) is 3.16. The van der Waals surface area contributed by atoms with Crippen molar-refractivity contribution in [1.29, 1.82) is 0 Å². The summed E-state index contributed by atoms with van der Waals surface area (Å²) in [6.07, 6.45) is 0. The standard InChI is InChI=1S/C15H11FO2/c16-13-7-3-1-5-10(13)12-9-18-14-8-4-2-6-11(14)15(12)17/h1-8,12H,9H2/t12-/m1/s1. The van der Waals surface area contributed by atoms with Crippen LogP contribution >= 0.6 is 0 Å². The minimum Gasteiger partial charge on any atom is -0.492 e. The van der Waals surface area contributed by atoms with Gasteiger partial charge in [-0.1, -0.05) is 30.3 Å². The van der Waals surface area contributed by atoms with Crippen LogP contribution in [0.3, 0.4) is 0 Å². The second kappa shape index (κ2) is 4.26. The summed E-state index contributed by atoms with van der Waals surface area (Å²) >= 11 is 0. The van der Waals surface area contributed by atoms with Gasteiger partial charge in [0.15, 0.2) is 5.78 Å². The summed E-state index contributed by atoms with van der Waals surface area (Å²) in [6, 6.07) is 13.4. The highest BCUT2D eigenvalue weighted by Crippen LogP contribution is 2.32. The number of hydrogen-bond donors (Lipinski definition) is 0. The number of rotatable bonds is 1. The normalized spacial score (nSPS) is 18.1. The fourth-order valence-corrected chi connectivity index (χ4v) is 2.22. The Kier molecular flexibility index (Phi) is 2.59. The summed E-state index contributed by atoms with van der Waals surface area (Å²) in [7, 11) is 0. The molecule has 0 aromatic heterocycles. The molecule has 1 heterocycles. The zero-order chi connectivity index (χ0) is 12.5. The summed E-state index contributed by atoms with van der Waals surface area (Å²) in [5, 5.41) is 0. The number of hydrogen-bond acceptors (Lipinski definition) is 2. The van der Waals surface area contributed by atoms with Crippen molar-refractivity contribution in [2.45, 2.75) is 5.92 Å². The molecule has 90 valence electrons. The van der Waals surface area contributed by atoms with E-state index in [0.29, 0.717) is 16.9 Å². The van der Waals surface area contributed by atoms with Crippen LogP contribution in [-0.2, 0) is 0 Å². The van der Waals surface area contributed by atoms with Crippen LogP contribution in [0.1, 0.15) is 21.8 Å². The molecule has 0 fully saturated rings. The molecule has 0 saturated heterocycles. The Morgan fingerprint density at radius 1 is 1.06 bits per heavy atom. The highest BCUT2D eigenvalue weighted by atomic mass is 19.1. The van der Waals surface area contributed by atoms with E-state index in [0.717, 1.165) is 0 Å². The Bertz CT molecular complexity index is 607. The van der Waals surface area contributed by atoms with E-state index in [1.165, 1.54) is 6.07 Å². The number of ketones is 1. The topological polar surface area (TPSA) is 26.3 Å². The average Bonchev–Trinajstić information content (AvgIpc) is 2.41. The maximum absolute atomic E-state index is 13.7. The van der Waals surface area contributed by atoms with Gasteiger partial charge in [0.05, 0.1) is 11.5 Å². The zero-order valence-electron chi connectivity index (χ0n) is 9.60. The molecule has 0 spiro atoms. The summed E-state index contributed by atoms with van der Waals surface area (Å²) < 4.78 is 19.2. The van der Waals surface area contributed by atoms with Gasteiger partial charge in [-0.2, -0.15) is 0 Å². The van der Waals surface area contributed by atoms with E-state index in [2.05, 4.69) is 0 Å². The first-order valence-corrected chi connectivity index (χ1v) is 5.78. The summed E-state index contributed by atoms with van der Waals surface area (Å²) in [4.78, 5) is 12.3. The molecule has 2 aromatic rings. The van der Waals surface area contributed by atoms with Crippen LogP contribution in [0.25, 0.3) is 0 Å². The number of halogens is 1. The smallest absolute Gasteiger partial charge is 0.177 e. The summed E-state index contributed by atoms with van der Waals surface area (Å²) in [5.41, 5.74) is 0.925. The van der Waals surface area contributed by atoms with E-state index in [1.807, 2.05) is 6.07 Å². The van der Waals surface area contributed by atoms with Crippen molar-refractivity contribution < 1.29 is 13.9 Å². The van der Waals surface area contributed by atoms with E-state index in [1.54, 1.807) is 36.4 Å². The zero-order valence-corrected chi connectivity index (χ0v) is 9.60. The predicted molar refractivity (Wildman–Crippen MR) is 65.4 cm³/mol. The van der Waals surface area contributed by atoms with Gasteiger partial charge in [-0.3, -0.25) is 4.79 Å². The van der Waals surface area contributed by atoms with Crippen LogP contribution in [0.5, 0.6) is 5.75 Å². The van der Waals surface area contributed by atoms with E-state index in [-0.39, 0.29) is 18.2 Å². The molecule has 3 heteroatoms. The van der Waals surface area contributed by atoms with Gasteiger partial charge in [0.2, 0.25) is 0 Å². The fraction of sp³-hybridized carbons (Fsp3) is 0.133. The van der Waals surface area contributed by atoms with Crippen molar-refractivity contribution >= 4 is 5.78 Å². The number of fused-ring (bicyclic) bond motifs is 1. The quantitative estimate of drug-likeness (QED) is 0.767. The van der Waals surface area contributed by atoms with Gasteiger partial charge in [0.1, 0.15) is 18.2 Å². The third kappa shape index (κ3) is 1.68. The van der Waals surface area contributed by atoms with Crippen molar-refractivity contribution in [2.75, 3.05) is 6.61 Å². The van der Waals surface area contributed by atoms with Crippen LogP contribution in [0.4, 0.5) is 4.39 Å². The van der Waals surface area contributed by atoms with Gasteiger partial charge in [-0.05, 0) is 18.2 Å². The molecule has 1 aliphatic heterocycles. The van der Waals surface area contributed by atoms with Gasteiger partial charge < -0.3 is 4.74 Å². The summed E-state index contributed by atoms with van der Waals surface area (Å²) in [5.74, 6) is -0.419. The number of ether oxygens (including phenoxy) is 1. The molecule has 0 aliphatic carbocycles. The largest absolute Gasteiger partial charge is 0.492 e. The van der Waals surface area contributed by atoms with Crippen LogP contribution in [0, 0.1) is 5.82 Å². The lowest BCUT2D eigenvalue weighted by Gasteiger charge is -2.24. The molecular formula is C15H11FO2. The van der Waals surface area contributed by atoms with Crippen LogP contribution in [0.15, 0.2) is 48.5 Å². The third-order valence-electron chi connectivity index (χ3n) is 3.16. The Labute approximate surface area is 104 Å². The first-order valence-electron chi connectivity index (χ1n) is 5.78. The molecule has 0 N–H and O–H groups in total. The van der Waals surface area contributed by atoms with E-state index in [9.17, 15) is 9.18 Å². The number of para-hydroxylation sites is 1. The first-order chi connectivity index (χ1) is 8.77. The van der Waals surface area contributed by atoms with Crippen LogP contribution in [-0.4, -0.2) is 12.4 Å². The lowest BCUT2D eigenvalue weighted by Crippen LogP contribution is -2.26. The van der Waals surface area contributed by atoms with Gasteiger partial charge >= 0.3 is 0 Å². The number of carbonyl (C=O) groups is 1. The highest BCUT2D eigenvalue weighted by Gasteiger charge is 2.31. The molecule has 0 bridgehead atoms. The maximum Gasteiger partial charge on any atom is 0.177 e. The van der Waals surface area contributed by atoms with Crippen molar-refractivity contribution in [3.05, 3.63) is 65.5 Å². The van der Waals surface area contributed by atoms with Gasteiger partial charge in [0.25, 0.3) is 0 Å². The molecule has 0 saturated carbocycles. The van der Waals surface area contributed by atoms with Gasteiger partial charge in [-0.15, -0.1) is 0 Å². The molecular weight excluding hydrogens is 231 g/mol. The van der Waals surface area contributed by atoms with Crippen LogP contribution in [0.2, 0.25) is 0 Å². The van der Waals surface area contributed by atoms with Crippen molar-refractivity contribution in [3.63, 3.8) is 0 Å². The molecule has 1 aliphatic rings. The second-order valence-corrected chi connectivity index (χ2v) is 4.25. The minimum absolute atomic E-state index is 0.0815. The van der Waals surface area contributed by atoms with E-state index >= 15 is 0 Å². The first kappa shape index (κ1) is 11.0. The Morgan fingerprint density at radius 3 is 2.61 bits per heavy atom. The second-order valence-electron chi connectivity index (χ2n) is 4.25. The monoisotopic (exact) mass is 242 g/mol. The maximum atomic E-state index is 13.7. The van der Waals surface area contributed by atoms with Gasteiger partial charge in [0, 0.05) is 5.56 Å². The Hall–Kier alpha value is -2.16. The van der Waals surface area contributed by atoms with Crippen molar-refractivity contribution in [1.82, 2.24) is 0 Å². The molecule has 1 atom stereocenters. The van der Waals surface area contributed by atoms with E-state index < -0.39 is 5.92 Å². The molecule has 2 nitrogen and oxygen atoms in total. The molecule has 0 unspecified atom stereocenters. The van der Waals surface area contributed by atoms with Crippen molar-refractivity contribution in [3.8, 4) is 5.75 Å². The van der Waals surface area contributed by atoms with Crippen LogP contribution < -0.4 is 4.74 Å². The number of benzene rings is 2. The molecule has 0 amide bonds. The SMILES string of the molecule is O=C1c2ccccc2OC[C@@H]1c1ccccc1F.